The number of carbonyl (C=O) groups excluding carboxylic acids is 2. The number of nitrogens with one attached hydrogen (secondary N) is 2. The van der Waals surface area contributed by atoms with E-state index in [2.05, 4.69) is 22.8 Å². The average molecular weight is 467 g/mol. The Bertz CT molecular complexity index is 1030. The van der Waals surface area contributed by atoms with Gasteiger partial charge in [-0.2, -0.15) is 0 Å². The Balaban J connectivity index is 1.32. The van der Waals surface area contributed by atoms with E-state index in [0.717, 1.165) is 42.0 Å². The zero-order valence-electron chi connectivity index (χ0n) is 19.1. The molecule has 2 unspecified atom stereocenters. The van der Waals surface area contributed by atoms with Crippen molar-refractivity contribution in [3.05, 3.63) is 59.7 Å². The van der Waals surface area contributed by atoms with Crippen molar-refractivity contribution in [2.75, 3.05) is 19.7 Å². The molecule has 0 spiro atoms. The van der Waals surface area contributed by atoms with Gasteiger partial charge in [-0.25, -0.2) is 9.59 Å². The molecule has 4 N–H and O–H groups in total. The number of aliphatic carboxylic acids is 1. The van der Waals surface area contributed by atoms with E-state index in [1.165, 1.54) is 0 Å². The minimum atomic E-state index is -2.06. The number of carbonyl (C=O) groups is 3. The lowest BCUT2D eigenvalue weighted by molar-refractivity contribution is -0.156. The third-order valence-corrected chi connectivity index (χ3v) is 6.59. The van der Waals surface area contributed by atoms with Gasteiger partial charge in [0.15, 0.2) is 5.60 Å². The maximum absolute atomic E-state index is 12.6. The number of fused-ring (bicyclic) bond motifs is 3. The summed E-state index contributed by atoms with van der Waals surface area (Å²) >= 11 is 0. The van der Waals surface area contributed by atoms with Gasteiger partial charge in [-0.1, -0.05) is 61.4 Å². The Morgan fingerprint density at radius 1 is 1.03 bits per heavy atom. The van der Waals surface area contributed by atoms with Crippen LogP contribution >= 0.6 is 0 Å². The first-order valence-corrected chi connectivity index (χ1v) is 11.6. The Morgan fingerprint density at radius 3 is 2.18 bits per heavy atom. The summed E-state index contributed by atoms with van der Waals surface area (Å²) < 4.78 is 5.54. The van der Waals surface area contributed by atoms with Crippen molar-refractivity contribution < 1.29 is 29.3 Å². The van der Waals surface area contributed by atoms with E-state index in [1.54, 1.807) is 0 Å². The average Bonchev–Trinajstić information content (AvgIpc) is 3.59. The van der Waals surface area contributed by atoms with Crippen LogP contribution in [-0.2, 0) is 14.3 Å². The maximum Gasteiger partial charge on any atom is 0.407 e. The van der Waals surface area contributed by atoms with Crippen molar-refractivity contribution in [1.29, 1.82) is 0 Å². The predicted molar refractivity (Wildman–Crippen MR) is 125 cm³/mol. The summed E-state index contributed by atoms with van der Waals surface area (Å²) in [6.45, 7) is 0.975. The van der Waals surface area contributed by atoms with Gasteiger partial charge in [0.25, 0.3) is 0 Å². The molecule has 8 nitrogen and oxygen atoms in total. The van der Waals surface area contributed by atoms with E-state index >= 15 is 0 Å². The molecule has 180 valence electrons. The first-order valence-electron chi connectivity index (χ1n) is 11.6. The molecule has 2 amide bonds. The van der Waals surface area contributed by atoms with Crippen LogP contribution in [-0.4, -0.2) is 53.5 Å². The zero-order valence-corrected chi connectivity index (χ0v) is 19.1. The minimum absolute atomic E-state index is 0.0537. The normalized spacial score (nSPS) is 17.1. The fourth-order valence-electron chi connectivity index (χ4n) is 4.37. The number of alkyl carbamates (subject to hydrolysis) is 1. The Kier molecular flexibility index (Phi) is 6.88. The van der Waals surface area contributed by atoms with Gasteiger partial charge < -0.3 is 25.6 Å². The lowest BCUT2D eigenvalue weighted by Crippen LogP contribution is -2.49. The minimum Gasteiger partial charge on any atom is -0.479 e. The number of ether oxygens (including phenoxy) is 1. The molecular formula is C26H30N2O6. The third-order valence-electron chi connectivity index (χ3n) is 6.59. The molecule has 0 saturated heterocycles. The van der Waals surface area contributed by atoms with Crippen LogP contribution in [0.15, 0.2) is 48.5 Å². The second kappa shape index (κ2) is 9.85. The molecule has 0 aliphatic heterocycles. The van der Waals surface area contributed by atoms with Crippen LogP contribution in [0.25, 0.3) is 11.1 Å². The van der Waals surface area contributed by atoms with Gasteiger partial charge in [0.2, 0.25) is 5.91 Å². The summed E-state index contributed by atoms with van der Waals surface area (Å²) in [5.41, 5.74) is 2.47. The molecule has 0 aromatic heterocycles. The highest BCUT2D eigenvalue weighted by molar-refractivity contribution is 5.82. The van der Waals surface area contributed by atoms with Crippen molar-refractivity contribution in [3.63, 3.8) is 0 Å². The molecule has 0 heterocycles. The monoisotopic (exact) mass is 466 g/mol. The molecule has 4 rings (SSSR count). The van der Waals surface area contributed by atoms with Crippen LogP contribution < -0.4 is 10.6 Å². The second-order valence-electron chi connectivity index (χ2n) is 9.38. The number of carboxylic acid groups (broad SMARTS) is 1. The standard InChI is InChI=1S/C26H30N2O6/c1-26(33,24(30)31)15-28-23(29)17(12-16-10-11-16)13-27-25(32)34-14-22-20-8-4-2-6-18(20)19-7-3-5-9-21(19)22/h2-9,16-17,22,33H,10-15H2,1H3,(H,27,32)(H,28,29)(H,30,31). The number of carboxylic acids is 1. The lowest BCUT2D eigenvalue weighted by Gasteiger charge is -2.22. The topological polar surface area (TPSA) is 125 Å². The van der Waals surface area contributed by atoms with Crippen molar-refractivity contribution in [3.8, 4) is 11.1 Å². The van der Waals surface area contributed by atoms with Crippen LogP contribution in [0.5, 0.6) is 0 Å². The quantitative estimate of drug-likeness (QED) is 0.427. The Morgan fingerprint density at radius 2 is 1.62 bits per heavy atom. The Labute approximate surface area is 198 Å². The first-order chi connectivity index (χ1) is 16.3. The summed E-state index contributed by atoms with van der Waals surface area (Å²) in [5.74, 6) is -1.98. The predicted octanol–water partition coefficient (Wildman–Crippen LogP) is 2.89. The van der Waals surface area contributed by atoms with Crippen molar-refractivity contribution in [1.82, 2.24) is 10.6 Å². The van der Waals surface area contributed by atoms with E-state index in [9.17, 15) is 19.5 Å². The summed E-state index contributed by atoms with van der Waals surface area (Å²) in [6, 6.07) is 16.2. The fraction of sp³-hybridized carbons (Fsp3) is 0.423. The van der Waals surface area contributed by atoms with Crippen LogP contribution in [0.4, 0.5) is 4.79 Å². The molecule has 34 heavy (non-hydrogen) atoms. The fourth-order valence-corrected chi connectivity index (χ4v) is 4.37. The summed E-state index contributed by atoms with van der Waals surface area (Å²) in [7, 11) is 0. The van der Waals surface area contributed by atoms with Gasteiger partial charge in [0.05, 0.1) is 12.5 Å². The van der Waals surface area contributed by atoms with Gasteiger partial charge >= 0.3 is 12.1 Å². The Hall–Kier alpha value is -3.39. The molecule has 1 fully saturated rings. The molecule has 8 heteroatoms. The van der Waals surface area contributed by atoms with Crippen molar-refractivity contribution in [2.45, 2.75) is 37.7 Å². The zero-order chi connectivity index (χ0) is 24.3. The maximum atomic E-state index is 12.6. The largest absolute Gasteiger partial charge is 0.479 e. The van der Waals surface area contributed by atoms with Crippen LogP contribution in [0.3, 0.4) is 0 Å². The van der Waals surface area contributed by atoms with E-state index < -0.39 is 36.0 Å². The van der Waals surface area contributed by atoms with Gasteiger partial charge in [-0.3, -0.25) is 4.79 Å². The van der Waals surface area contributed by atoms with Gasteiger partial charge in [-0.15, -0.1) is 0 Å². The molecule has 2 aromatic rings. The molecule has 2 aliphatic carbocycles. The SMILES string of the molecule is CC(O)(CNC(=O)C(CNC(=O)OCC1c2ccccc2-c2ccccc21)CC1CC1)C(=O)O. The number of benzene rings is 2. The van der Waals surface area contributed by atoms with Gasteiger partial charge in [-0.05, 0) is 41.5 Å². The number of rotatable bonds is 10. The number of aliphatic hydroxyl groups is 1. The van der Waals surface area contributed by atoms with Crippen LogP contribution in [0.2, 0.25) is 0 Å². The van der Waals surface area contributed by atoms with Crippen LogP contribution in [0.1, 0.15) is 43.2 Å². The highest BCUT2D eigenvalue weighted by Gasteiger charge is 2.34. The highest BCUT2D eigenvalue weighted by atomic mass is 16.5. The van der Waals surface area contributed by atoms with Crippen molar-refractivity contribution >= 4 is 18.0 Å². The highest BCUT2D eigenvalue weighted by Crippen LogP contribution is 2.44. The molecule has 0 radical (unpaired) electrons. The van der Waals surface area contributed by atoms with Gasteiger partial charge in [0, 0.05) is 12.5 Å². The van der Waals surface area contributed by atoms with E-state index in [-0.39, 0.29) is 19.1 Å². The van der Waals surface area contributed by atoms with E-state index in [1.807, 2.05) is 36.4 Å². The summed E-state index contributed by atoms with van der Waals surface area (Å²) in [4.78, 5) is 36.2. The number of hydrogen-bond acceptors (Lipinski definition) is 5. The molecule has 2 aromatic carbocycles. The number of hydrogen-bond donors (Lipinski definition) is 4. The van der Waals surface area contributed by atoms with E-state index in [4.69, 9.17) is 9.84 Å². The molecule has 0 bridgehead atoms. The van der Waals surface area contributed by atoms with Crippen molar-refractivity contribution in [2.24, 2.45) is 11.8 Å². The summed E-state index contributed by atoms with van der Waals surface area (Å²) in [5, 5.41) is 24.1. The smallest absolute Gasteiger partial charge is 0.407 e. The molecular weight excluding hydrogens is 436 g/mol. The van der Waals surface area contributed by atoms with E-state index in [0.29, 0.717) is 12.3 Å². The number of amides is 2. The molecule has 2 atom stereocenters. The van der Waals surface area contributed by atoms with Crippen LogP contribution in [0, 0.1) is 11.8 Å². The summed E-state index contributed by atoms with van der Waals surface area (Å²) in [6.07, 6.45) is 2.04. The van der Waals surface area contributed by atoms with Gasteiger partial charge in [0.1, 0.15) is 6.61 Å². The molecule has 1 saturated carbocycles. The molecule has 2 aliphatic rings. The second-order valence-corrected chi connectivity index (χ2v) is 9.38. The first kappa shape index (κ1) is 23.8. The third kappa shape index (κ3) is 5.39. The lowest BCUT2D eigenvalue weighted by atomic mass is 9.98.